The van der Waals surface area contributed by atoms with Crippen LogP contribution in [-0.4, -0.2) is 64.7 Å². The number of nitrogens with zero attached hydrogens (tertiary/aromatic N) is 4. The van der Waals surface area contributed by atoms with Gasteiger partial charge in [-0.2, -0.15) is 0 Å². The van der Waals surface area contributed by atoms with Gasteiger partial charge < -0.3 is 15.1 Å². The number of benzene rings is 1. The second-order valence-corrected chi connectivity index (χ2v) is 12.3. The molecule has 1 aromatic heterocycles. The van der Waals surface area contributed by atoms with Crippen molar-refractivity contribution in [3.8, 4) is 0 Å². The molecular weight excluding hydrogens is 554 g/mol. The molecule has 2 fully saturated rings. The molecule has 4 rings (SSSR count). The van der Waals surface area contributed by atoms with E-state index in [9.17, 15) is 9.59 Å². The minimum Gasteiger partial charge on any atom is -0.339 e. The average Bonchev–Trinajstić information content (AvgIpc) is 3.42. The number of Topliss-reactive ketones (excluding diaryl/α,β-unsaturated/α-hetero) is 1. The number of ketones is 1. The Morgan fingerprint density at radius 1 is 1.10 bits per heavy atom. The maximum Gasteiger partial charge on any atom is 0.253 e. The molecular formula is C31H44BrN5O2. The molecule has 2 aromatic rings. The van der Waals surface area contributed by atoms with Crippen LogP contribution >= 0.6 is 15.9 Å². The topological polar surface area (TPSA) is 78.4 Å². The highest BCUT2D eigenvalue weighted by atomic mass is 79.9. The van der Waals surface area contributed by atoms with E-state index < -0.39 is 0 Å². The number of rotatable bonds is 11. The molecule has 0 spiro atoms. The van der Waals surface area contributed by atoms with Crippen molar-refractivity contribution < 1.29 is 9.59 Å². The van der Waals surface area contributed by atoms with E-state index in [1.165, 1.54) is 0 Å². The van der Waals surface area contributed by atoms with Gasteiger partial charge >= 0.3 is 0 Å². The predicted molar refractivity (Wildman–Crippen MR) is 160 cm³/mol. The van der Waals surface area contributed by atoms with Crippen LogP contribution in [0.5, 0.6) is 0 Å². The fourth-order valence-corrected chi connectivity index (χ4v) is 6.50. The van der Waals surface area contributed by atoms with E-state index in [4.69, 9.17) is 4.98 Å². The van der Waals surface area contributed by atoms with E-state index in [2.05, 4.69) is 52.0 Å². The Balaban J connectivity index is 1.38. The normalized spacial score (nSPS) is 20.4. The maximum absolute atomic E-state index is 13.1. The SMILES string of the molecule is CCC(CC)CC(=O)[C@H]1CCC[C@H]1Cc1nc(Nc2ccc(C(=O)N(C)C3CCN(C)CC3)cc2)ncc1Br. The van der Waals surface area contributed by atoms with Crippen LogP contribution in [0.1, 0.15) is 81.3 Å². The Kier molecular flexibility index (Phi) is 10.5. The molecule has 212 valence electrons. The Morgan fingerprint density at radius 2 is 1.79 bits per heavy atom. The van der Waals surface area contributed by atoms with E-state index in [1.54, 1.807) is 6.20 Å². The first-order valence-corrected chi connectivity index (χ1v) is 15.4. The molecule has 0 radical (unpaired) electrons. The third-order valence-electron chi connectivity index (χ3n) is 8.93. The number of piperidine rings is 1. The van der Waals surface area contributed by atoms with Crippen LogP contribution in [0, 0.1) is 17.8 Å². The monoisotopic (exact) mass is 597 g/mol. The standard InChI is InChI=1S/C31H44BrN5O2/c1-5-21(6-2)18-29(38)26-9-7-8-23(26)19-28-27(32)20-33-31(35-28)34-24-12-10-22(11-13-24)30(39)37(4)25-14-16-36(3)17-15-25/h10-13,20-21,23,25-26H,5-9,14-19H2,1-4H3,(H,33,34,35)/t23-,26-/m0/s1. The van der Waals surface area contributed by atoms with E-state index in [0.29, 0.717) is 35.6 Å². The molecule has 1 N–H and O–H groups in total. The second kappa shape index (κ2) is 13.8. The Hall–Kier alpha value is -2.32. The zero-order valence-electron chi connectivity index (χ0n) is 24.0. The first-order chi connectivity index (χ1) is 18.8. The van der Waals surface area contributed by atoms with Crippen LogP contribution in [0.3, 0.4) is 0 Å². The Morgan fingerprint density at radius 3 is 2.46 bits per heavy atom. The molecule has 0 unspecified atom stereocenters. The number of hydrogen-bond donors (Lipinski definition) is 1. The summed E-state index contributed by atoms with van der Waals surface area (Å²) in [7, 11) is 4.04. The Bertz CT molecular complexity index is 1110. The van der Waals surface area contributed by atoms with E-state index in [1.807, 2.05) is 36.2 Å². The van der Waals surface area contributed by atoms with Crippen molar-refractivity contribution in [2.75, 3.05) is 32.5 Å². The summed E-state index contributed by atoms with van der Waals surface area (Å²) in [5.41, 5.74) is 2.46. The molecule has 8 heteroatoms. The molecule has 39 heavy (non-hydrogen) atoms. The molecule has 1 aromatic carbocycles. The predicted octanol–water partition coefficient (Wildman–Crippen LogP) is 6.50. The van der Waals surface area contributed by atoms with Gasteiger partial charge in [-0.15, -0.1) is 0 Å². The van der Waals surface area contributed by atoms with Crippen molar-refractivity contribution in [1.82, 2.24) is 19.8 Å². The zero-order chi connectivity index (χ0) is 27.9. The van der Waals surface area contributed by atoms with Crippen molar-refractivity contribution in [2.45, 2.75) is 77.7 Å². The second-order valence-electron chi connectivity index (χ2n) is 11.5. The first kappa shape index (κ1) is 29.7. The number of carbonyl (C=O) groups is 2. The van der Waals surface area contributed by atoms with Crippen molar-refractivity contribution in [3.05, 3.63) is 46.2 Å². The third-order valence-corrected chi connectivity index (χ3v) is 9.60. The minimum absolute atomic E-state index is 0.0585. The highest BCUT2D eigenvalue weighted by Crippen LogP contribution is 2.37. The Labute approximate surface area is 242 Å². The number of anilines is 2. The molecule has 1 amide bonds. The van der Waals surface area contributed by atoms with Crippen LogP contribution in [-0.2, 0) is 11.2 Å². The maximum atomic E-state index is 13.1. The van der Waals surface area contributed by atoms with Crippen molar-refractivity contribution in [1.29, 1.82) is 0 Å². The van der Waals surface area contributed by atoms with Gasteiger partial charge in [-0.25, -0.2) is 9.97 Å². The van der Waals surface area contributed by atoms with Gasteiger partial charge in [0, 0.05) is 42.9 Å². The molecule has 7 nitrogen and oxygen atoms in total. The van der Waals surface area contributed by atoms with E-state index >= 15 is 0 Å². The fraction of sp³-hybridized carbons (Fsp3) is 0.613. The minimum atomic E-state index is 0.0585. The zero-order valence-corrected chi connectivity index (χ0v) is 25.5. The third kappa shape index (κ3) is 7.66. The van der Waals surface area contributed by atoms with Gasteiger partial charge in [-0.05, 0) is 104 Å². The smallest absolute Gasteiger partial charge is 0.253 e. The van der Waals surface area contributed by atoms with Crippen LogP contribution < -0.4 is 5.32 Å². The number of hydrogen-bond acceptors (Lipinski definition) is 6. The molecule has 1 aliphatic carbocycles. The van der Waals surface area contributed by atoms with Gasteiger partial charge in [0.15, 0.2) is 0 Å². The molecule has 1 saturated heterocycles. The van der Waals surface area contributed by atoms with Crippen LogP contribution in [0.15, 0.2) is 34.9 Å². The number of carbonyl (C=O) groups excluding carboxylic acids is 2. The molecule has 2 heterocycles. The average molecular weight is 599 g/mol. The summed E-state index contributed by atoms with van der Waals surface area (Å²) < 4.78 is 0.879. The summed E-state index contributed by atoms with van der Waals surface area (Å²) in [5.74, 6) is 1.98. The fourth-order valence-electron chi connectivity index (χ4n) is 6.15. The quantitative estimate of drug-likeness (QED) is 0.318. The lowest BCUT2D eigenvalue weighted by Crippen LogP contribution is -2.44. The van der Waals surface area contributed by atoms with E-state index in [-0.39, 0.29) is 17.9 Å². The molecule has 1 saturated carbocycles. The number of amides is 1. The van der Waals surface area contributed by atoms with Gasteiger partial charge in [0.05, 0.1) is 10.2 Å². The molecule has 1 aliphatic heterocycles. The van der Waals surface area contributed by atoms with Gasteiger partial charge in [0.2, 0.25) is 5.95 Å². The molecule has 0 bridgehead atoms. The number of nitrogens with one attached hydrogen (secondary N) is 1. The largest absolute Gasteiger partial charge is 0.339 e. The highest BCUT2D eigenvalue weighted by molar-refractivity contribution is 9.10. The van der Waals surface area contributed by atoms with Gasteiger partial charge in [0.25, 0.3) is 5.91 Å². The molecule has 2 aliphatic rings. The summed E-state index contributed by atoms with van der Waals surface area (Å²) >= 11 is 3.64. The first-order valence-electron chi connectivity index (χ1n) is 14.7. The highest BCUT2D eigenvalue weighted by Gasteiger charge is 2.34. The lowest BCUT2D eigenvalue weighted by molar-refractivity contribution is -0.124. The van der Waals surface area contributed by atoms with Gasteiger partial charge in [-0.3, -0.25) is 9.59 Å². The van der Waals surface area contributed by atoms with Crippen LogP contribution in [0.2, 0.25) is 0 Å². The number of likely N-dealkylation sites (tertiary alicyclic amines) is 1. The lowest BCUT2D eigenvalue weighted by atomic mass is 9.83. The van der Waals surface area contributed by atoms with Crippen LogP contribution in [0.25, 0.3) is 0 Å². The lowest BCUT2D eigenvalue weighted by Gasteiger charge is -2.35. The number of aromatic nitrogens is 2. The molecule has 2 atom stereocenters. The van der Waals surface area contributed by atoms with Crippen molar-refractivity contribution >= 4 is 39.3 Å². The summed E-state index contributed by atoms with van der Waals surface area (Å²) in [4.78, 5) is 39.6. The van der Waals surface area contributed by atoms with Gasteiger partial charge in [-0.1, -0.05) is 33.1 Å². The van der Waals surface area contributed by atoms with Crippen molar-refractivity contribution in [2.24, 2.45) is 17.8 Å². The van der Waals surface area contributed by atoms with E-state index in [0.717, 1.165) is 80.3 Å². The number of halogens is 1. The summed E-state index contributed by atoms with van der Waals surface area (Å²) in [6, 6.07) is 7.83. The summed E-state index contributed by atoms with van der Waals surface area (Å²) in [6.07, 6.45) is 10.6. The van der Waals surface area contributed by atoms with Crippen LogP contribution in [0.4, 0.5) is 11.6 Å². The van der Waals surface area contributed by atoms with Crippen molar-refractivity contribution in [3.63, 3.8) is 0 Å². The summed E-state index contributed by atoms with van der Waals surface area (Å²) in [6.45, 7) is 6.41. The van der Waals surface area contributed by atoms with Gasteiger partial charge in [0.1, 0.15) is 5.78 Å². The summed E-state index contributed by atoms with van der Waals surface area (Å²) in [5, 5.41) is 3.29.